The molecule has 1 unspecified atom stereocenters. The number of nitrogens with one attached hydrogen (secondary N) is 2. The second kappa shape index (κ2) is 7.98. The van der Waals surface area contributed by atoms with Crippen LogP contribution in [0.1, 0.15) is 17.0 Å². The van der Waals surface area contributed by atoms with Gasteiger partial charge in [0.05, 0.1) is 25.2 Å². The molecule has 0 radical (unpaired) electrons. The van der Waals surface area contributed by atoms with E-state index in [1.165, 1.54) is 0 Å². The molecule has 0 aliphatic carbocycles. The first-order chi connectivity index (χ1) is 12.9. The normalized spacial score (nSPS) is 16.7. The van der Waals surface area contributed by atoms with Gasteiger partial charge in [0.2, 0.25) is 11.7 Å². The number of nitrogens with zero attached hydrogens (tertiary/aromatic N) is 1. The smallest absolute Gasteiger partial charge is 0.395 e. The number of carbonyl (C=O) groups excluding carboxylic acids is 2. The van der Waals surface area contributed by atoms with Crippen LogP contribution in [0.3, 0.4) is 0 Å². The second-order valence-corrected chi connectivity index (χ2v) is 5.98. The van der Waals surface area contributed by atoms with Crippen molar-refractivity contribution < 1.29 is 23.7 Å². The third kappa shape index (κ3) is 4.49. The Morgan fingerprint density at radius 3 is 2.67 bits per heavy atom. The Morgan fingerprint density at radius 2 is 2.07 bits per heavy atom. The number of amides is 2. The number of furan rings is 1. The molecule has 10 heteroatoms. The van der Waals surface area contributed by atoms with Crippen molar-refractivity contribution in [2.75, 3.05) is 25.0 Å². The van der Waals surface area contributed by atoms with Crippen LogP contribution in [0.2, 0.25) is 0 Å². The van der Waals surface area contributed by atoms with Gasteiger partial charge in [-0.05, 0) is 17.7 Å². The van der Waals surface area contributed by atoms with Gasteiger partial charge >= 0.3 is 5.88 Å². The van der Waals surface area contributed by atoms with Crippen LogP contribution in [0.4, 0.5) is 11.6 Å². The molecule has 1 aliphatic rings. The molecule has 0 saturated carbocycles. The minimum absolute atomic E-state index is 0.164. The van der Waals surface area contributed by atoms with Gasteiger partial charge in [0.1, 0.15) is 4.92 Å². The lowest BCUT2D eigenvalue weighted by Crippen LogP contribution is -2.40. The predicted octanol–water partition coefficient (Wildman–Crippen LogP) is 1.27. The largest absolute Gasteiger partial charge is 0.434 e. The summed E-state index contributed by atoms with van der Waals surface area (Å²) in [6.07, 6.45) is 0.0664. The van der Waals surface area contributed by atoms with E-state index in [2.05, 4.69) is 10.6 Å². The maximum atomic E-state index is 12.1. The molecule has 1 aromatic heterocycles. The Kier molecular flexibility index (Phi) is 5.48. The first kappa shape index (κ1) is 18.5. The molecule has 2 aromatic rings. The Hall–Kier alpha value is -3.24. The zero-order valence-corrected chi connectivity index (χ0v) is 14.3. The first-order valence-electron chi connectivity index (χ1n) is 8.24. The predicted molar refractivity (Wildman–Crippen MR) is 95.2 cm³/mol. The van der Waals surface area contributed by atoms with E-state index >= 15 is 0 Å². The monoisotopic (exact) mass is 374 g/mol. The third-order valence-corrected chi connectivity index (χ3v) is 4.02. The summed E-state index contributed by atoms with van der Waals surface area (Å²) in [6, 6.07) is 7.60. The van der Waals surface area contributed by atoms with Gasteiger partial charge in [-0.2, -0.15) is 0 Å². The van der Waals surface area contributed by atoms with Crippen molar-refractivity contribution in [1.29, 1.82) is 0 Å². The number of anilines is 1. The maximum Gasteiger partial charge on any atom is 0.434 e. The fourth-order valence-electron chi connectivity index (χ4n) is 2.77. The highest BCUT2D eigenvalue weighted by molar-refractivity contribution is 5.98. The molecule has 1 atom stereocenters. The molecule has 27 heavy (non-hydrogen) atoms. The summed E-state index contributed by atoms with van der Waals surface area (Å²) in [4.78, 5) is 33.7. The topological polar surface area (TPSA) is 150 Å². The maximum absolute atomic E-state index is 12.1. The van der Waals surface area contributed by atoms with Crippen molar-refractivity contribution in [1.82, 2.24) is 5.32 Å². The molecular weight excluding hydrogens is 356 g/mol. The van der Waals surface area contributed by atoms with E-state index in [-0.39, 0.29) is 29.8 Å². The molecule has 0 spiro atoms. The molecule has 1 fully saturated rings. The number of primary amides is 1. The number of morpholine rings is 1. The number of benzene rings is 1. The zero-order chi connectivity index (χ0) is 19.4. The van der Waals surface area contributed by atoms with Crippen molar-refractivity contribution in [2.45, 2.75) is 12.5 Å². The Balaban J connectivity index is 1.71. The third-order valence-electron chi connectivity index (χ3n) is 4.02. The minimum Gasteiger partial charge on any atom is -0.395 e. The summed E-state index contributed by atoms with van der Waals surface area (Å²) in [6.45, 7) is 1.98. The lowest BCUT2D eigenvalue weighted by molar-refractivity contribution is -0.402. The van der Waals surface area contributed by atoms with Crippen molar-refractivity contribution >= 4 is 23.4 Å². The van der Waals surface area contributed by atoms with Crippen LogP contribution >= 0.6 is 0 Å². The zero-order valence-electron chi connectivity index (χ0n) is 14.3. The number of carbonyl (C=O) groups is 2. The summed E-state index contributed by atoms with van der Waals surface area (Å²) in [7, 11) is 0. The number of hydrogen-bond donors (Lipinski definition) is 3. The SMILES string of the molecule is NC(=O)c1oc([N+](=O)[O-])cc1-c1ccc(NC(=O)CC2CNCCO2)cc1. The molecule has 2 amide bonds. The van der Waals surface area contributed by atoms with Crippen LogP contribution in [0.25, 0.3) is 11.1 Å². The summed E-state index contributed by atoms with van der Waals surface area (Å²) in [5, 5.41) is 16.8. The van der Waals surface area contributed by atoms with Crippen molar-refractivity contribution in [3.05, 3.63) is 46.2 Å². The van der Waals surface area contributed by atoms with Gasteiger partial charge in [0, 0.05) is 24.3 Å². The van der Waals surface area contributed by atoms with E-state index < -0.39 is 16.7 Å². The van der Waals surface area contributed by atoms with Crippen LogP contribution in [0, 0.1) is 10.1 Å². The summed E-state index contributed by atoms with van der Waals surface area (Å²) in [5.41, 5.74) is 6.48. The van der Waals surface area contributed by atoms with Crippen LogP contribution < -0.4 is 16.4 Å². The lowest BCUT2D eigenvalue weighted by atomic mass is 10.1. The number of ether oxygens (including phenoxy) is 1. The summed E-state index contributed by atoms with van der Waals surface area (Å²) < 4.78 is 10.4. The van der Waals surface area contributed by atoms with Gasteiger partial charge in [0.15, 0.2) is 0 Å². The van der Waals surface area contributed by atoms with Gasteiger partial charge in [-0.15, -0.1) is 0 Å². The standard InChI is InChI=1S/C17H18N4O6/c18-17(23)16-13(8-15(27-16)21(24)25)10-1-3-11(4-2-10)20-14(22)7-12-9-19-5-6-26-12/h1-4,8,12,19H,5-7,9H2,(H2,18,23)(H,20,22). The molecule has 2 heterocycles. The molecule has 1 saturated heterocycles. The van der Waals surface area contributed by atoms with Crippen LogP contribution in [0.5, 0.6) is 0 Å². The van der Waals surface area contributed by atoms with Gasteiger partial charge in [-0.25, -0.2) is 0 Å². The minimum atomic E-state index is -0.906. The molecule has 1 aliphatic heterocycles. The lowest BCUT2D eigenvalue weighted by Gasteiger charge is -2.23. The Morgan fingerprint density at radius 1 is 1.33 bits per heavy atom. The van der Waals surface area contributed by atoms with Crippen molar-refractivity contribution in [2.24, 2.45) is 5.73 Å². The van der Waals surface area contributed by atoms with Crippen molar-refractivity contribution in [3.63, 3.8) is 0 Å². The average molecular weight is 374 g/mol. The van der Waals surface area contributed by atoms with Crippen LogP contribution in [-0.4, -0.2) is 42.5 Å². The molecule has 142 valence electrons. The van der Waals surface area contributed by atoms with Gasteiger partial charge in [-0.3, -0.25) is 19.7 Å². The summed E-state index contributed by atoms with van der Waals surface area (Å²) in [5.74, 6) is -1.96. The van der Waals surface area contributed by atoms with E-state index in [1.54, 1.807) is 24.3 Å². The number of nitrogens with two attached hydrogens (primary N) is 1. The van der Waals surface area contributed by atoms with Crippen LogP contribution in [-0.2, 0) is 9.53 Å². The molecular formula is C17H18N4O6. The van der Waals surface area contributed by atoms with Gasteiger partial charge in [-0.1, -0.05) is 12.1 Å². The number of rotatable bonds is 6. The highest BCUT2D eigenvalue weighted by Gasteiger charge is 2.23. The number of hydrogen-bond acceptors (Lipinski definition) is 7. The van der Waals surface area contributed by atoms with Crippen molar-refractivity contribution in [3.8, 4) is 11.1 Å². The molecule has 3 rings (SSSR count). The fourth-order valence-corrected chi connectivity index (χ4v) is 2.77. The highest BCUT2D eigenvalue weighted by Crippen LogP contribution is 2.31. The molecule has 10 nitrogen and oxygen atoms in total. The second-order valence-electron chi connectivity index (χ2n) is 5.98. The molecule has 1 aromatic carbocycles. The first-order valence-corrected chi connectivity index (χ1v) is 8.24. The fraction of sp³-hybridized carbons (Fsp3) is 0.294. The quantitative estimate of drug-likeness (QED) is 0.509. The van der Waals surface area contributed by atoms with Gasteiger partial charge < -0.3 is 25.5 Å². The average Bonchev–Trinajstić information content (AvgIpc) is 3.09. The molecule has 4 N–H and O–H groups in total. The molecule has 0 bridgehead atoms. The van der Waals surface area contributed by atoms with E-state index in [9.17, 15) is 19.7 Å². The van der Waals surface area contributed by atoms with E-state index in [4.69, 9.17) is 14.9 Å². The highest BCUT2D eigenvalue weighted by atomic mass is 16.6. The van der Waals surface area contributed by atoms with Gasteiger partial charge in [0.25, 0.3) is 5.91 Å². The van der Waals surface area contributed by atoms with E-state index in [0.29, 0.717) is 24.4 Å². The Labute approximate surface area is 153 Å². The van der Waals surface area contributed by atoms with Crippen LogP contribution in [0.15, 0.2) is 34.7 Å². The Bertz CT molecular complexity index is 855. The summed E-state index contributed by atoms with van der Waals surface area (Å²) >= 11 is 0. The number of nitro groups is 1. The van der Waals surface area contributed by atoms with E-state index in [0.717, 1.165) is 12.6 Å². The van der Waals surface area contributed by atoms with E-state index in [1.807, 2.05) is 0 Å².